The van der Waals surface area contributed by atoms with Gasteiger partial charge in [0, 0.05) is 17.6 Å². The number of ether oxygens (including phenoxy) is 1. The Labute approximate surface area is 259 Å². The van der Waals surface area contributed by atoms with Crippen molar-refractivity contribution in [3.63, 3.8) is 0 Å². The summed E-state index contributed by atoms with van der Waals surface area (Å²) in [5.41, 5.74) is 2.06. The number of amides is 2. The van der Waals surface area contributed by atoms with E-state index in [1.807, 2.05) is 45.0 Å². The molecule has 3 aromatic carbocycles. The number of nitrogens with one attached hydrogen (secondary N) is 1. The highest BCUT2D eigenvalue weighted by atomic mass is 79.9. The second kappa shape index (κ2) is 14.3. The molecule has 220 valence electrons. The number of halogens is 2. The monoisotopic (exact) mass is 707 g/mol. The number of rotatable bonds is 12. The molecule has 0 aromatic heterocycles. The predicted octanol–water partition coefficient (Wildman–Crippen LogP) is 5.91. The van der Waals surface area contributed by atoms with Crippen LogP contribution in [-0.4, -0.2) is 51.4 Å². The topological polar surface area (TPSA) is 96.0 Å². The van der Waals surface area contributed by atoms with Crippen LogP contribution in [-0.2, 0) is 26.2 Å². The largest absolute Gasteiger partial charge is 0.496 e. The minimum Gasteiger partial charge on any atom is -0.496 e. The molecule has 0 aliphatic rings. The first kappa shape index (κ1) is 32.6. The molecular formula is C30H35Br2N3O5S. The van der Waals surface area contributed by atoms with E-state index in [2.05, 4.69) is 37.2 Å². The number of hydrogen-bond acceptors (Lipinski definition) is 5. The summed E-state index contributed by atoms with van der Waals surface area (Å²) < 4.78 is 35.7. The summed E-state index contributed by atoms with van der Waals surface area (Å²) in [7, 11) is -2.71. The minimum atomic E-state index is -4.20. The van der Waals surface area contributed by atoms with E-state index in [0.29, 0.717) is 22.5 Å². The molecule has 0 saturated heterocycles. The Morgan fingerprint density at radius 2 is 1.66 bits per heavy atom. The molecule has 2 amide bonds. The molecule has 8 nitrogen and oxygen atoms in total. The molecule has 0 aliphatic heterocycles. The molecule has 0 radical (unpaired) electrons. The third-order valence-electron chi connectivity index (χ3n) is 6.41. The highest BCUT2D eigenvalue weighted by Gasteiger charge is 2.33. The van der Waals surface area contributed by atoms with Gasteiger partial charge in [-0.2, -0.15) is 0 Å². The van der Waals surface area contributed by atoms with Crippen molar-refractivity contribution in [3.05, 3.63) is 86.8 Å². The van der Waals surface area contributed by atoms with Gasteiger partial charge in [-0.1, -0.05) is 59.6 Å². The quantitative estimate of drug-likeness (QED) is 0.252. The third kappa shape index (κ3) is 8.56. The zero-order valence-electron chi connectivity index (χ0n) is 23.7. The van der Waals surface area contributed by atoms with E-state index in [4.69, 9.17) is 4.74 Å². The summed E-state index contributed by atoms with van der Waals surface area (Å²) in [6, 6.07) is 17.9. The van der Waals surface area contributed by atoms with E-state index in [-0.39, 0.29) is 23.3 Å². The van der Waals surface area contributed by atoms with Crippen LogP contribution in [0.2, 0.25) is 0 Å². The zero-order chi connectivity index (χ0) is 30.3. The first-order valence-corrected chi connectivity index (χ1v) is 16.1. The Balaban J connectivity index is 2.04. The number of aryl methyl sites for hydroxylation is 1. The van der Waals surface area contributed by atoms with Crippen LogP contribution in [0.15, 0.2) is 80.6 Å². The third-order valence-corrected chi connectivity index (χ3v) is 9.29. The molecule has 0 fully saturated rings. The number of sulfonamides is 1. The van der Waals surface area contributed by atoms with Gasteiger partial charge in [0.25, 0.3) is 10.0 Å². The summed E-state index contributed by atoms with van der Waals surface area (Å²) in [4.78, 5) is 28.5. The van der Waals surface area contributed by atoms with E-state index in [1.165, 1.54) is 24.1 Å². The highest BCUT2D eigenvalue weighted by molar-refractivity contribution is 9.10. The van der Waals surface area contributed by atoms with Crippen LogP contribution >= 0.6 is 31.9 Å². The van der Waals surface area contributed by atoms with Crippen LogP contribution in [0.3, 0.4) is 0 Å². The van der Waals surface area contributed by atoms with E-state index >= 15 is 0 Å². The van der Waals surface area contributed by atoms with Crippen molar-refractivity contribution in [1.29, 1.82) is 0 Å². The standard InChI is InChI=1S/C30H35Br2N3O5S/c1-20(2)17-33-30(37)22(4)34(18-23-7-6-8-24(31)15-23)29(36)19-35(25-11-9-21(3)10-12-25)41(38,39)26-13-14-28(40-5)27(32)16-26/h6-16,20,22H,17-19H2,1-5H3,(H,33,37). The molecule has 1 N–H and O–H groups in total. The van der Waals surface area contributed by atoms with Gasteiger partial charge in [-0.25, -0.2) is 8.42 Å². The van der Waals surface area contributed by atoms with Crippen LogP contribution in [0.4, 0.5) is 5.69 Å². The molecule has 3 rings (SSSR count). The first-order chi connectivity index (χ1) is 19.3. The second-order valence-corrected chi connectivity index (χ2v) is 13.7. The first-order valence-electron chi connectivity index (χ1n) is 13.1. The Kier molecular flexibility index (Phi) is 11.4. The number of anilines is 1. The molecule has 0 spiro atoms. The lowest BCUT2D eigenvalue weighted by molar-refractivity contribution is -0.139. The Morgan fingerprint density at radius 1 is 0.976 bits per heavy atom. The summed E-state index contributed by atoms with van der Waals surface area (Å²) in [6.45, 7) is 7.57. The number of hydrogen-bond donors (Lipinski definition) is 1. The lowest BCUT2D eigenvalue weighted by Crippen LogP contribution is -2.51. The van der Waals surface area contributed by atoms with Crippen LogP contribution < -0.4 is 14.4 Å². The minimum absolute atomic E-state index is 0.0141. The molecule has 11 heteroatoms. The van der Waals surface area contributed by atoms with Crippen LogP contribution in [0, 0.1) is 12.8 Å². The molecule has 1 unspecified atom stereocenters. The average molecular weight is 710 g/mol. The summed E-state index contributed by atoms with van der Waals surface area (Å²) >= 11 is 6.82. The molecular weight excluding hydrogens is 674 g/mol. The Morgan fingerprint density at radius 3 is 2.24 bits per heavy atom. The lowest BCUT2D eigenvalue weighted by atomic mass is 10.1. The van der Waals surface area contributed by atoms with Crippen molar-refractivity contribution in [2.24, 2.45) is 5.92 Å². The van der Waals surface area contributed by atoms with Gasteiger partial charge in [-0.15, -0.1) is 0 Å². The number of carbonyl (C=O) groups excluding carboxylic acids is 2. The van der Waals surface area contributed by atoms with Crippen molar-refractivity contribution in [3.8, 4) is 5.75 Å². The van der Waals surface area contributed by atoms with Crippen molar-refractivity contribution < 1.29 is 22.7 Å². The van der Waals surface area contributed by atoms with Gasteiger partial charge in [0.05, 0.1) is 22.2 Å². The number of benzene rings is 3. The molecule has 0 saturated carbocycles. The fourth-order valence-corrected chi connectivity index (χ4v) is 6.62. The van der Waals surface area contributed by atoms with Gasteiger partial charge in [0.15, 0.2) is 0 Å². The zero-order valence-corrected chi connectivity index (χ0v) is 27.7. The Bertz CT molecular complexity index is 1480. The van der Waals surface area contributed by atoms with Crippen molar-refractivity contribution in [2.75, 3.05) is 24.5 Å². The Hall–Kier alpha value is -2.89. The van der Waals surface area contributed by atoms with Crippen LogP contribution in [0.1, 0.15) is 31.9 Å². The van der Waals surface area contributed by atoms with E-state index in [0.717, 1.165) is 19.9 Å². The van der Waals surface area contributed by atoms with Gasteiger partial charge < -0.3 is 15.0 Å². The number of carbonyl (C=O) groups is 2. The maximum absolute atomic E-state index is 14.0. The number of methoxy groups -OCH3 is 1. The van der Waals surface area contributed by atoms with E-state index in [9.17, 15) is 18.0 Å². The lowest BCUT2D eigenvalue weighted by Gasteiger charge is -2.32. The molecule has 0 bridgehead atoms. The van der Waals surface area contributed by atoms with E-state index in [1.54, 1.807) is 37.3 Å². The maximum atomic E-state index is 14.0. The second-order valence-electron chi connectivity index (χ2n) is 10.1. The maximum Gasteiger partial charge on any atom is 0.264 e. The van der Waals surface area contributed by atoms with Gasteiger partial charge in [-0.05, 0) is 83.7 Å². The van der Waals surface area contributed by atoms with Crippen LogP contribution in [0.5, 0.6) is 5.75 Å². The van der Waals surface area contributed by atoms with Gasteiger partial charge in [-0.3, -0.25) is 13.9 Å². The van der Waals surface area contributed by atoms with Crippen molar-refractivity contribution in [1.82, 2.24) is 10.2 Å². The van der Waals surface area contributed by atoms with Gasteiger partial charge in [0.1, 0.15) is 18.3 Å². The fourth-order valence-electron chi connectivity index (χ4n) is 4.04. The predicted molar refractivity (Wildman–Crippen MR) is 168 cm³/mol. The molecule has 0 heterocycles. The fraction of sp³-hybridized carbons (Fsp3) is 0.333. The smallest absolute Gasteiger partial charge is 0.264 e. The summed E-state index contributed by atoms with van der Waals surface area (Å²) in [5.74, 6) is -0.130. The van der Waals surface area contributed by atoms with E-state index < -0.39 is 28.5 Å². The molecule has 1 atom stereocenters. The average Bonchev–Trinajstić information content (AvgIpc) is 2.93. The SMILES string of the molecule is COc1ccc(S(=O)(=O)N(CC(=O)N(Cc2cccc(Br)c2)C(C)C(=O)NCC(C)C)c2ccc(C)cc2)cc1Br. The van der Waals surface area contributed by atoms with Crippen molar-refractivity contribution in [2.45, 2.75) is 45.2 Å². The number of nitrogens with zero attached hydrogens (tertiary/aromatic N) is 2. The highest BCUT2D eigenvalue weighted by Crippen LogP contribution is 2.31. The van der Waals surface area contributed by atoms with Crippen molar-refractivity contribution >= 4 is 59.4 Å². The van der Waals surface area contributed by atoms with Gasteiger partial charge in [0.2, 0.25) is 11.8 Å². The summed E-state index contributed by atoms with van der Waals surface area (Å²) in [5, 5.41) is 2.89. The normalized spacial score (nSPS) is 12.1. The molecule has 41 heavy (non-hydrogen) atoms. The van der Waals surface area contributed by atoms with Crippen LogP contribution in [0.25, 0.3) is 0 Å². The molecule has 0 aliphatic carbocycles. The van der Waals surface area contributed by atoms with Gasteiger partial charge >= 0.3 is 0 Å². The summed E-state index contributed by atoms with van der Waals surface area (Å²) in [6.07, 6.45) is 0. The molecule has 3 aromatic rings.